The van der Waals surface area contributed by atoms with Crippen LogP contribution >= 0.6 is 0 Å². The van der Waals surface area contributed by atoms with Crippen LogP contribution in [-0.4, -0.2) is 23.0 Å². The predicted octanol–water partition coefficient (Wildman–Crippen LogP) is 3.02. The molecule has 1 heterocycles. The SMILES string of the molecule is COc1ccccc1-c1cn(N=Cc2ccccc2)c(N)n1. The van der Waals surface area contributed by atoms with Crippen LogP contribution in [0.2, 0.25) is 0 Å². The molecule has 2 N–H and O–H groups in total. The standard InChI is InChI=1S/C17H16N4O/c1-22-16-10-6-5-9-14(16)15-12-21(17(18)20-15)19-11-13-7-3-2-4-8-13/h2-12H,1H3,(H2,18,20). The Morgan fingerprint density at radius 2 is 1.82 bits per heavy atom. The van der Waals surface area contributed by atoms with Gasteiger partial charge in [0.1, 0.15) is 5.75 Å². The highest BCUT2D eigenvalue weighted by Crippen LogP contribution is 2.29. The number of imidazole rings is 1. The molecule has 0 aliphatic rings. The maximum absolute atomic E-state index is 5.93. The summed E-state index contributed by atoms with van der Waals surface area (Å²) >= 11 is 0. The van der Waals surface area contributed by atoms with Crippen LogP contribution in [0.5, 0.6) is 5.75 Å². The Morgan fingerprint density at radius 3 is 2.59 bits per heavy atom. The Hall–Kier alpha value is -3.08. The summed E-state index contributed by atoms with van der Waals surface area (Å²) < 4.78 is 6.90. The summed E-state index contributed by atoms with van der Waals surface area (Å²) in [7, 11) is 1.63. The number of nitrogen functional groups attached to an aromatic ring is 1. The van der Waals surface area contributed by atoms with E-state index in [1.807, 2.05) is 54.6 Å². The van der Waals surface area contributed by atoms with Gasteiger partial charge in [-0.15, -0.1) is 0 Å². The number of ether oxygens (including phenoxy) is 1. The Bertz CT molecular complexity index is 793. The summed E-state index contributed by atoms with van der Waals surface area (Å²) in [5, 5.41) is 4.34. The Balaban J connectivity index is 1.93. The third-order valence-electron chi connectivity index (χ3n) is 3.23. The Morgan fingerprint density at radius 1 is 1.09 bits per heavy atom. The first-order valence-corrected chi connectivity index (χ1v) is 6.85. The van der Waals surface area contributed by atoms with E-state index in [1.165, 1.54) is 0 Å². The van der Waals surface area contributed by atoms with Crippen molar-refractivity contribution in [3.05, 3.63) is 66.4 Å². The lowest BCUT2D eigenvalue weighted by atomic mass is 10.1. The quantitative estimate of drug-likeness (QED) is 0.752. The van der Waals surface area contributed by atoms with Gasteiger partial charge in [-0.25, -0.2) is 9.66 Å². The van der Waals surface area contributed by atoms with Crippen molar-refractivity contribution in [1.82, 2.24) is 9.66 Å². The number of para-hydroxylation sites is 1. The van der Waals surface area contributed by atoms with Crippen LogP contribution < -0.4 is 10.5 Å². The van der Waals surface area contributed by atoms with Crippen molar-refractivity contribution in [2.75, 3.05) is 12.8 Å². The van der Waals surface area contributed by atoms with Crippen molar-refractivity contribution in [3.8, 4) is 17.0 Å². The molecule has 0 radical (unpaired) electrons. The van der Waals surface area contributed by atoms with E-state index >= 15 is 0 Å². The topological polar surface area (TPSA) is 65.4 Å². The van der Waals surface area contributed by atoms with E-state index in [2.05, 4.69) is 10.1 Å². The molecule has 22 heavy (non-hydrogen) atoms. The first kappa shape index (κ1) is 13.9. The molecule has 0 spiro atoms. The van der Waals surface area contributed by atoms with E-state index in [4.69, 9.17) is 10.5 Å². The fourth-order valence-corrected chi connectivity index (χ4v) is 2.13. The number of anilines is 1. The van der Waals surface area contributed by atoms with E-state index in [0.29, 0.717) is 5.95 Å². The van der Waals surface area contributed by atoms with Gasteiger partial charge >= 0.3 is 0 Å². The van der Waals surface area contributed by atoms with Gasteiger partial charge < -0.3 is 10.5 Å². The minimum absolute atomic E-state index is 0.327. The third kappa shape index (κ3) is 2.83. The van der Waals surface area contributed by atoms with Crippen molar-refractivity contribution >= 4 is 12.2 Å². The van der Waals surface area contributed by atoms with Crippen LogP contribution in [0.25, 0.3) is 11.3 Å². The summed E-state index contributed by atoms with van der Waals surface area (Å²) in [4.78, 5) is 4.35. The van der Waals surface area contributed by atoms with E-state index in [1.54, 1.807) is 24.2 Å². The number of aromatic nitrogens is 2. The molecule has 0 unspecified atom stereocenters. The van der Waals surface area contributed by atoms with Gasteiger partial charge in [0.05, 0.1) is 25.2 Å². The van der Waals surface area contributed by atoms with Gasteiger partial charge in [-0.05, 0) is 17.7 Å². The second kappa shape index (κ2) is 6.13. The molecule has 3 rings (SSSR count). The van der Waals surface area contributed by atoms with Gasteiger partial charge in [-0.1, -0.05) is 42.5 Å². The number of hydrogen-bond acceptors (Lipinski definition) is 4. The number of rotatable bonds is 4. The first-order valence-electron chi connectivity index (χ1n) is 6.85. The molecule has 0 saturated heterocycles. The van der Waals surface area contributed by atoms with Crippen molar-refractivity contribution in [2.24, 2.45) is 5.10 Å². The van der Waals surface area contributed by atoms with E-state index in [-0.39, 0.29) is 0 Å². The van der Waals surface area contributed by atoms with Crippen LogP contribution in [-0.2, 0) is 0 Å². The number of benzene rings is 2. The molecule has 5 nitrogen and oxygen atoms in total. The Kier molecular flexibility index (Phi) is 3.87. The molecular weight excluding hydrogens is 276 g/mol. The average molecular weight is 292 g/mol. The zero-order valence-electron chi connectivity index (χ0n) is 12.2. The number of hydrogen-bond donors (Lipinski definition) is 1. The molecule has 0 saturated carbocycles. The molecule has 0 bridgehead atoms. The maximum atomic E-state index is 5.93. The van der Waals surface area contributed by atoms with Crippen LogP contribution in [0, 0.1) is 0 Å². The molecule has 0 amide bonds. The summed E-state index contributed by atoms with van der Waals surface area (Å²) in [6.07, 6.45) is 3.52. The summed E-state index contributed by atoms with van der Waals surface area (Å²) in [5.41, 5.74) is 8.53. The highest BCUT2D eigenvalue weighted by Gasteiger charge is 2.10. The average Bonchev–Trinajstić information content (AvgIpc) is 2.94. The molecule has 2 aromatic carbocycles. The smallest absolute Gasteiger partial charge is 0.221 e. The summed E-state index contributed by atoms with van der Waals surface area (Å²) in [6.45, 7) is 0. The van der Waals surface area contributed by atoms with Crippen LogP contribution in [0.15, 0.2) is 65.9 Å². The van der Waals surface area contributed by atoms with Crippen molar-refractivity contribution in [1.29, 1.82) is 0 Å². The van der Waals surface area contributed by atoms with E-state index in [9.17, 15) is 0 Å². The first-order chi connectivity index (χ1) is 10.8. The largest absolute Gasteiger partial charge is 0.496 e. The lowest BCUT2D eigenvalue weighted by Crippen LogP contribution is -1.96. The van der Waals surface area contributed by atoms with Crippen LogP contribution in [0.4, 0.5) is 5.95 Å². The fourth-order valence-electron chi connectivity index (χ4n) is 2.13. The van der Waals surface area contributed by atoms with Gasteiger partial charge in [0, 0.05) is 5.56 Å². The van der Waals surface area contributed by atoms with Gasteiger partial charge in [0.2, 0.25) is 5.95 Å². The molecule has 0 fully saturated rings. The Labute approximate surface area is 128 Å². The van der Waals surface area contributed by atoms with Gasteiger partial charge in [0.25, 0.3) is 0 Å². The van der Waals surface area contributed by atoms with Crippen molar-refractivity contribution < 1.29 is 4.74 Å². The maximum Gasteiger partial charge on any atom is 0.221 e. The summed E-state index contributed by atoms with van der Waals surface area (Å²) in [5.74, 6) is 1.08. The number of methoxy groups -OCH3 is 1. The second-order valence-corrected chi connectivity index (χ2v) is 4.68. The third-order valence-corrected chi connectivity index (χ3v) is 3.23. The molecule has 0 aliphatic carbocycles. The van der Waals surface area contributed by atoms with Crippen molar-refractivity contribution in [3.63, 3.8) is 0 Å². The molecule has 0 atom stereocenters. The zero-order chi connectivity index (χ0) is 15.4. The van der Waals surface area contributed by atoms with Gasteiger partial charge in [0.15, 0.2) is 0 Å². The molecular formula is C17H16N4O. The fraction of sp³-hybridized carbons (Fsp3) is 0.0588. The lowest BCUT2D eigenvalue weighted by molar-refractivity contribution is 0.416. The van der Waals surface area contributed by atoms with Crippen molar-refractivity contribution in [2.45, 2.75) is 0 Å². The molecule has 5 heteroatoms. The van der Waals surface area contributed by atoms with E-state index < -0.39 is 0 Å². The minimum atomic E-state index is 0.327. The molecule has 110 valence electrons. The highest BCUT2D eigenvalue weighted by molar-refractivity contribution is 5.79. The number of nitrogens with two attached hydrogens (primary N) is 1. The lowest BCUT2D eigenvalue weighted by Gasteiger charge is -2.04. The zero-order valence-corrected chi connectivity index (χ0v) is 12.2. The summed E-state index contributed by atoms with van der Waals surface area (Å²) in [6, 6.07) is 17.5. The van der Waals surface area contributed by atoms with Crippen LogP contribution in [0.1, 0.15) is 5.56 Å². The predicted molar refractivity (Wildman–Crippen MR) is 88.1 cm³/mol. The van der Waals surface area contributed by atoms with Gasteiger partial charge in [-0.2, -0.15) is 5.10 Å². The normalized spacial score (nSPS) is 11.0. The highest BCUT2D eigenvalue weighted by atomic mass is 16.5. The molecule has 0 aliphatic heterocycles. The van der Waals surface area contributed by atoms with E-state index in [0.717, 1.165) is 22.6 Å². The monoisotopic (exact) mass is 292 g/mol. The minimum Gasteiger partial charge on any atom is -0.496 e. The van der Waals surface area contributed by atoms with Gasteiger partial charge in [-0.3, -0.25) is 0 Å². The molecule has 3 aromatic rings. The second-order valence-electron chi connectivity index (χ2n) is 4.68. The molecule has 1 aromatic heterocycles. The van der Waals surface area contributed by atoms with Crippen LogP contribution in [0.3, 0.4) is 0 Å². The number of nitrogens with zero attached hydrogens (tertiary/aromatic N) is 3.